The first-order valence-corrected chi connectivity index (χ1v) is 1.78. The van der Waals surface area contributed by atoms with E-state index in [9.17, 15) is 4.79 Å². The van der Waals surface area contributed by atoms with Crippen LogP contribution in [0.2, 0.25) is 0 Å². The van der Waals surface area contributed by atoms with Gasteiger partial charge in [0.15, 0.2) is 0 Å². The van der Waals surface area contributed by atoms with Crippen molar-refractivity contribution in [1.82, 2.24) is 0 Å². The Kier molecular flexibility index (Phi) is 4.34. The van der Waals surface area contributed by atoms with E-state index in [1.165, 1.54) is 6.42 Å². The van der Waals surface area contributed by atoms with Crippen LogP contribution >= 0.6 is 0 Å². The third kappa shape index (κ3) is 3.63. The molecule has 35 valence electrons. The number of aliphatic hydroxyl groups excluding tert-OH is 1. The number of hydrogen-bond acceptors (Lipinski definition) is 2. The van der Waals surface area contributed by atoms with Gasteiger partial charge in [-0.3, -0.25) is 0 Å². The topological polar surface area (TPSA) is 37.3 Å². The standard InChI is InChI=1S/C4H7O2/c5-3-1-2-4-6/h1,4-5H,2-3H2. The predicted octanol–water partition coefficient (Wildman–Crippen LogP) is -0.228. The highest BCUT2D eigenvalue weighted by atomic mass is 16.3. The van der Waals surface area contributed by atoms with E-state index in [1.54, 1.807) is 0 Å². The van der Waals surface area contributed by atoms with Gasteiger partial charge in [-0.15, -0.1) is 0 Å². The van der Waals surface area contributed by atoms with Gasteiger partial charge in [-0.05, 0) is 6.42 Å². The molecule has 2 nitrogen and oxygen atoms in total. The highest BCUT2D eigenvalue weighted by Gasteiger charge is 1.76. The molecule has 6 heavy (non-hydrogen) atoms. The largest absolute Gasteiger partial charge is 0.396 e. The average Bonchev–Trinajstić information content (AvgIpc) is 1.61. The second-order valence-corrected chi connectivity index (χ2v) is 0.874. The van der Waals surface area contributed by atoms with Gasteiger partial charge in [0, 0.05) is 13.0 Å². The van der Waals surface area contributed by atoms with Crippen molar-refractivity contribution < 1.29 is 9.90 Å². The molecule has 0 rings (SSSR count). The summed E-state index contributed by atoms with van der Waals surface area (Å²) in [5.74, 6) is 0. The van der Waals surface area contributed by atoms with Crippen molar-refractivity contribution in [1.29, 1.82) is 0 Å². The fourth-order valence-electron chi connectivity index (χ4n) is 0.143. The normalized spacial score (nSPS) is 8.17. The summed E-state index contributed by atoms with van der Waals surface area (Å²) >= 11 is 0. The minimum absolute atomic E-state index is 0.00125. The monoisotopic (exact) mass is 87.0 g/mol. The third-order valence-corrected chi connectivity index (χ3v) is 0.392. The van der Waals surface area contributed by atoms with Crippen molar-refractivity contribution in [3.63, 3.8) is 0 Å². The molecule has 0 aromatic rings. The molecular weight excluding hydrogens is 80.0 g/mol. The highest BCUT2D eigenvalue weighted by Crippen LogP contribution is 1.74. The highest BCUT2D eigenvalue weighted by molar-refractivity contribution is 5.50. The molecule has 0 atom stereocenters. The van der Waals surface area contributed by atoms with Crippen molar-refractivity contribution in [2.75, 3.05) is 6.61 Å². The summed E-state index contributed by atoms with van der Waals surface area (Å²) in [5.41, 5.74) is 0. The number of aldehydes is 1. The molecular formula is C4H7O2. The lowest BCUT2D eigenvalue weighted by molar-refractivity contribution is -0.107. The van der Waals surface area contributed by atoms with E-state index in [0.29, 0.717) is 6.42 Å². The van der Waals surface area contributed by atoms with Crippen molar-refractivity contribution in [3.8, 4) is 0 Å². The quantitative estimate of drug-likeness (QED) is 0.381. The zero-order valence-electron chi connectivity index (χ0n) is 3.42. The molecule has 0 fully saturated rings. The van der Waals surface area contributed by atoms with E-state index in [-0.39, 0.29) is 6.61 Å². The van der Waals surface area contributed by atoms with E-state index in [2.05, 4.69) is 0 Å². The number of carbonyl (C=O) groups is 1. The molecule has 0 aliphatic heterocycles. The minimum atomic E-state index is -0.00125. The van der Waals surface area contributed by atoms with Gasteiger partial charge in [0.1, 0.15) is 6.29 Å². The van der Waals surface area contributed by atoms with Crippen LogP contribution < -0.4 is 0 Å². The Morgan fingerprint density at radius 2 is 2.33 bits per heavy atom. The van der Waals surface area contributed by atoms with E-state index >= 15 is 0 Å². The maximum absolute atomic E-state index is 9.42. The zero-order valence-corrected chi connectivity index (χ0v) is 3.42. The third-order valence-electron chi connectivity index (χ3n) is 0.392. The molecule has 0 spiro atoms. The summed E-state index contributed by atoms with van der Waals surface area (Å²) in [5, 5.41) is 7.98. The average molecular weight is 87.1 g/mol. The van der Waals surface area contributed by atoms with Gasteiger partial charge in [-0.25, -0.2) is 0 Å². The zero-order chi connectivity index (χ0) is 4.83. The molecule has 2 heteroatoms. The first-order chi connectivity index (χ1) is 2.91. The van der Waals surface area contributed by atoms with Crippen LogP contribution in [0.5, 0.6) is 0 Å². The fourth-order valence-corrected chi connectivity index (χ4v) is 0.143. The molecule has 0 saturated heterocycles. The predicted molar refractivity (Wildman–Crippen MR) is 22.1 cm³/mol. The van der Waals surface area contributed by atoms with E-state index in [4.69, 9.17) is 5.11 Å². The number of rotatable bonds is 3. The second kappa shape index (κ2) is 4.63. The Morgan fingerprint density at radius 1 is 1.67 bits per heavy atom. The lowest BCUT2D eigenvalue weighted by Gasteiger charge is -1.78. The number of carbonyl (C=O) groups excluding carboxylic acids is 1. The lowest BCUT2D eigenvalue weighted by atomic mass is 10.4. The summed E-state index contributed by atoms with van der Waals surface area (Å²) < 4.78 is 0. The van der Waals surface area contributed by atoms with Gasteiger partial charge < -0.3 is 9.90 Å². The van der Waals surface area contributed by atoms with Crippen molar-refractivity contribution >= 4 is 6.29 Å². The molecule has 1 N–H and O–H groups in total. The summed E-state index contributed by atoms with van der Waals surface area (Å²) in [6.07, 6.45) is 2.60. The number of aliphatic hydroxyl groups is 1. The van der Waals surface area contributed by atoms with Gasteiger partial charge in [0.05, 0.1) is 0 Å². The first kappa shape index (κ1) is 5.63. The van der Waals surface area contributed by atoms with E-state index in [0.717, 1.165) is 6.29 Å². The minimum Gasteiger partial charge on any atom is -0.396 e. The SMILES string of the molecule is O=CC[CH]CO. The van der Waals surface area contributed by atoms with Crippen LogP contribution in [-0.4, -0.2) is 18.0 Å². The van der Waals surface area contributed by atoms with E-state index in [1.807, 2.05) is 0 Å². The molecule has 0 bridgehead atoms. The van der Waals surface area contributed by atoms with Gasteiger partial charge in [0.2, 0.25) is 0 Å². The van der Waals surface area contributed by atoms with Crippen LogP contribution in [0.25, 0.3) is 0 Å². The van der Waals surface area contributed by atoms with Crippen LogP contribution in [-0.2, 0) is 4.79 Å². The van der Waals surface area contributed by atoms with Crippen LogP contribution in [0, 0.1) is 6.42 Å². The van der Waals surface area contributed by atoms with Gasteiger partial charge in [-0.1, -0.05) is 0 Å². The molecule has 0 aliphatic carbocycles. The molecule has 0 heterocycles. The molecule has 0 aromatic heterocycles. The molecule has 0 aromatic carbocycles. The lowest BCUT2D eigenvalue weighted by Crippen LogP contribution is -1.82. The maximum Gasteiger partial charge on any atom is 0.120 e. The Hall–Kier alpha value is -0.370. The van der Waals surface area contributed by atoms with Crippen molar-refractivity contribution in [3.05, 3.63) is 6.42 Å². The summed E-state index contributed by atoms with van der Waals surface area (Å²) in [7, 11) is 0. The van der Waals surface area contributed by atoms with Crippen LogP contribution in [0.15, 0.2) is 0 Å². The molecule has 1 radical (unpaired) electrons. The molecule has 0 unspecified atom stereocenters. The van der Waals surface area contributed by atoms with Crippen molar-refractivity contribution in [2.45, 2.75) is 6.42 Å². The van der Waals surface area contributed by atoms with Crippen molar-refractivity contribution in [2.24, 2.45) is 0 Å². The summed E-state index contributed by atoms with van der Waals surface area (Å²) in [4.78, 5) is 9.42. The van der Waals surface area contributed by atoms with Crippen LogP contribution in [0.3, 0.4) is 0 Å². The summed E-state index contributed by atoms with van der Waals surface area (Å²) in [6, 6.07) is 0. The maximum atomic E-state index is 9.42. The smallest absolute Gasteiger partial charge is 0.120 e. The van der Waals surface area contributed by atoms with Gasteiger partial charge in [0.25, 0.3) is 0 Å². The first-order valence-electron chi connectivity index (χ1n) is 1.78. The Balaban J connectivity index is 2.49. The second-order valence-electron chi connectivity index (χ2n) is 0.874. The van der Waals surface area contributed by atoms with Crippen LogP contribution in [0.4, 0.5) is 0 Å². The molecule has 0 aliphatic rings. The van der Waals surface area contributed by atoms with Gasteiger partial charge in [-0.2, -0.15) is 0 Å². The Morgan fingerprint density at radius 3 is 2.50 bits per heavy atom. The number of unbranched alkanes of at least 4 members (excludes halogenated alkanes) is 1. The Labute approximate surface area is 36.8 Å². The van der Waals surface area contributed by atoms with Crippen LogP contribution in [0.1, 0.15) is 6.42 Å². The number of hydrogen-bond donors (Lipinski definition) is 1. The van der Waals surface area contributed by atoms with Gasteiger partial charge >= 0.3 is 0 Å². The molecule has 0 saturated carbocycles. The summed E-state index contributed by atoms with van der Waals surface area (Å²) in [6.45, 7) is -0.00125. The van der Waals surface area contributed by atoms with E-state index < -0.39 is 0 Å². The Bertz CT molecular complexity index is 34.5. The fraction of sp³-hybridized carbons (Fsp3) is 0.500. The molecule has 0 amide bonds.